The van der Waals surface area contributed by atoms with Crippen molar-refractivity contribution in [1.82, 2.24) is 10.3 Å². The van der Waals surface area contributed by atoms with Crippen LogP contribution in [0, 0.1) is 5.92 Å². The number of carboxylic acids is 1. The number of amides is 1. The van der Waals surface area contributed by atoms with Crippen molar-refractivity contribution >= 4 is 35.1 Å². The first kappa shape index (κ1) is 15.7. The molecule has 1 aromatic heterocycles. The van der Waals surface area contributed by atoms with Crippen LogP contribution in [0.4, 0.5) is 0 Å². The van der Waals surface area contributed by atoms with E-state index in [4.69, 9.17) is 28.3 Å². The summed E-state index contributed by atoms with van der Waals surface area (Å²) in [5, 5.41) is 11.6. The predicted molar refractivity (Wildman–Crippen MR) is 72.6 cm³/mol. The molecule has 1 aromatic rings. The second-order valence-electron chi connectivity index (χ2n) is 4.47. The Morgan fingerprint density at radius 3 is 2.47 bits per heavy atom. The molecule has 0 aliphatic heterocycles. The number of carbonyl (C=O) groups is 2. The minimum Gasteiger partial charge on any atom is -0.480 e. The van der Waals surface area contributed by atoms with Gasteiger partial charge in [-0.15, -0.1) is 0 Å². The normalized spacial score (nSPS) is 12.3. The van der Waals surface area contributed by atoms with Gasteiger partial charge in [0.15, 0.2) is 0 Å². The third kappa shape index (κ3) is 4.69. The number of pyridine rings is 1. The molecule has 1 atom stereocenters. The zero-order chi connectivity index (χ0) is 14.6. The molecule has 0 fully saturated rings. The first-order valence-electron chi connectivity index (χ1n) is 5.67. The molecular weight excluding hydrogens is 291 g/mol. The maximum Gasteiger partial charge on any atom is 0.326 e. The standard InChI is InChI=1S/C12H14Cl2N2O3/c1-6(2)5-8(12(18)19)15-11(17)7-3-4-9(13)16-10(7)14/h3-4,6,8H,5H2,1-2H3,(H,15,17)(H,18,19). The average molecular weight is 305 g/mol. The van der Waals surface area contributed by atoms with Crippen molar-refractivity contribution in [2.45, 2.75) is 26.3 Å². The Labute approximate surface area is 120 Å². The molecule has 0 spiro atoms. The molecule has 1 heterocycles. The average Bonchev–Trinajstić information content (AvgIpc) is 2.26. The number of aromatic nitrogens is 1. The molecular formula is C12H14Cl2N2O3. The van der Waals surface area contributed by atoms with E-state index in [9.17, 15) is 9.59 Å². The number of hydrogen-bond donors (Lipinski definition) is 2. The van der Waals surface area contributed by atoms with Crippen molar-refractivity contribution in [3.63, 3.8) is 0 Å². The fourth-order valence-corrected chi connectivity index (χ4v) is 1.94. The van der Waals surface area contributed by atoms with E-state index in [-0.39, 0.29) is 21.8 Å². The third-order valence-electron chi connectivity index (χ3n) is 2.37. The Morgan fingerprint density at radius 2 is 2.00 bits per heavy atom. The number of rotatable bonds is 5. The first-order chi connectivity index (χ1) is 8.81. The molecule has 2 N–H and O–H groups in total. The topological polar surface area (TPSA) is 79.3 Å². The van der Waals surface area contributed by atoms with Crippen LogP contribution in [0.15, 0.2) is 12.1 Å². The van der Waals surface area contributed by atoms with Gasteiger partial charge in [-0.3, -0.25) is 4.79 Å². The maximum absolute atomic E-state index is 11.9. The molecule has 0 saturated carbocycles. The molecule has 0 radical (unpaired) electrons. The zero-order valence-electron chi connectivity index (χ0n) is 10.5. The third-order valence-corrected chi connectivity index (χ3v) is 2.87. The van der Waals surface area contributed by atoms with Crippen molar-refractivity contribution in [2.24, 2.45) is 5.92 Å². The van der Waals surface area contributed by atoms with Crippen LogP contribution < -0.4 is 5.32 Å². The number of carbonyl (C=O) groups excluding carboxylic acids is 1. The maximum atomic E-state index is 11.9. The summed E-state index contributed by atoms with van der Waals surface area (Å²) in [5.41, 5.74) is 0.0982. The van der Waals surface area contributed by atoms with E-state index in [1.54, 1.807) is 0 Å². The summed E-state index contributed by atoms with van der Waals surface area (Å²) in [5.74, 6) is -1.53. The molecule has 19 heavy (non-hydrogen) atoms. The van der Waals surface area contributed by atoms with Crippen LogP contribution in [0.5, 0.6) is 0 Å². The zero-order valence-corrected chi connectivity index (χ0v) is 12.0. The lowest BCUT2D eigenvalue weighted by Crippen LogP contribution is -2.41. The summed E-state index contributed by atoms with van der Waals surface area (Å²) in [6, 6.07) is 1.86. The Balaban J connectivity index is 2.84. The van der Waals surface area contributed by atoms with E-state index in [0.717, 1.165) is 0 Å². The van der Waals surface area contributed by atoms with Gasteiger partial charge in [-0.05, 0) is 24.5 Å². The van der Waals surface area contributed by atoms with Crippen LogP contribution in [0.1, 0.15) is 30.6 Å². The minimum atomic E-state index is -1.08. The monoisotopic (exact) mass is 304 g/mol. The summed E-state index contributed by atoms with van der Waals surface area (Å²) < 4.78 is 0. The van der Waals surface area contributed by atoms with Gasteiger partial charge in [-0.2, -0.15) is 0 Å². The highest BCUT2D eigenvalue weighted by molar-refractivity contribution is 6.34. The van der Waals surface area contributed by atoms with Crippen molar-refractivity contribution < 1.29 is 14.7 Å². The Bertz CT molecular complexity index is 492. The van der Waals surface area contributed by atoms with Crippen LogP contribution >= 0.6 is 23.2 Å². The number of nitrogens with one attached hydrogen (secondary N) is 1. The van der Waals surface area contributed by atoms with E-state index >= 15 is 0 Å². The number of hydrogen-bond acceptors (Lipinski definition) is 3. The Morgan fingerprint density at radius 1 is 1.37 bits per heavy atom. The van der Waals surface area contributed by atoms with Gasteiger partial charge in [0, 0.05) is 0 Å². The van der Waals surface area contributed by atoms with Gasteiger partial charge in [-0.1, -0.05) is 37.0 Å². The highest BCUT2D eigenvalue weighted by Crippen LogP contribution is 2.17. The number of carboxylic acid groups (broad SMARTS) is 1. The fraction of sp³-hybridized carbons (Fsp3) is 0.417. The lowest BCUT2D eigenvalue weighted by atomic mass is 10.0. The van der Waals surface area contributed by atoms with Crippen molar-refractivity contribution in [3.05, 3.63) is 28.0 Å². The minimum absolute atomic E-state index is 0.0568. The molecule has 7 heteroatoms. The summed E-state index contributed by atoms with van der Waals surface area (Å²) in [7, 11) is 0. The van der Waals surface area contributed by atoms with Crippen LogP contribution in [0.3, 0.4) is 0 Å². The molecule has 5 nitrogen and oxygen atoms in total. The van der Waals surface area contributed by atoms with E-state index in [0.29, 0.717) is 6.42 Å². The number of halogens is 2. The summed E-state index contributed by atoms with van der Waals surface area (Å²) in [6.45, 7) is 3.75. The second-order valence-corrected chi connectivity index (χ2v) is 5.21. The molecule has 1 amide bonds. The molecule has 0 saturated heterocycles. The van der Waals surface area contributed by atoms with Crippen molar-refractivity contribution in [1.29, 1.82) is 0 Å². The van der Waals surface area contributed by atoms with Gasteiger partial charge in [0.1, 0.15) is 16.3 Å². The Hall–Kier alpha value is -1.33. The van der Waals surface area contributed by atoms with Crippen molar-refractivity contribution in [3.8, 4) is 0 Å². The molecule has 1 unspecified atom stereocenters. The summed E-state index contributed by atoms with van der Waals surface area (Å²) in [6.07, 6.45) is 0.333. The van der Waals surface area contributed by atoms with E-state index in [2.05, 4.69) is 10.3 Å². The molecule has 1 rings (SSSR count). The Kier molecular flexibility index (Phi) is 5.57. The van der Waals surface area contributed by atoms with E-state index in [1.807, 2.05) is 13.8 Å². The van der Waals surface area contributed by atoms with Crippen LogP contribution in [0.25, 0.3) is 0 Å². The summed E-state index contributed by atoms with van der Waals surface area (Å²) in [4.78, 5) is 26.7. The largest absolute Gasteiger partial charge is 0.480 e. The molecule has 0 aromatic carbocycles. The quantitative estimate of drug-likeness (QED) is 0.820. The predicted octanol–water partition coefficient (Wildman–Crippen LogP) is 2.62. The van der Waals surface area contributed by atoms with Crippen LogP contribution in [0.2, 0.25) is 10.3 Å². The highest BCUT2D eigenvalue weighted by Gasteiger charge is 2.23. The van der Waals surface area contributed by atoms with Gasteiger partial charge < -0.3 is 10.4 Å². The lowest BCUT2D eigenvalue weighted by Gasteiger charge is -2.16. The lowest BCUT2D eigenvalue weighted by molar-refractivity contribution is -0.139. The van der Waals surface area contributed by atoms with Gasteiger partial charge in [0.05, 0.1) is 5.56 Å². The van der Waals surface area contributed by atoms with Gasteiger partial charge in [0.25, 0.3) is 5.91 Å². The SMILES string of the molecule is CC(C)CC(NC(=O)c1ccc(Cl)nc1Cl)C(=O)O. The smallest absolute Gasteiger partial charge is 0.326 e. The van der Waals surface area contributed by atoms with E-state index in [1.165, 1.54) is 12.1 Å². The number of nitrogens with zero attached hydrogens (tertiary/aromatic N) is 1. The molecule has 0 aliphatic carbocycles. The molecule has 104 valence electrons. The van der Waals surface area contributed by atoms with Gasteiger partial charge in [0.2, 0.25) is 0 Å². The highest BCUT2D eigenvalue weighted by atomic mass is 35.5. The first-order valence-corrected chi connectivity index (χ1v) is 6.42. The summed E-state index contributed by atoms with van der Waals surface area (Å²) >= 11 is 11.4. The van der Waals surface area contributed by atoms with E-state index < -0.39 is 17.9 Å². The fourth-order valence-electron chi connectivity index (χ4n) is 1.51. The molecule has 0 bridgehead atoms. The van der Waals surface area contributed by atoms with Crippen molar-refractivity contribution in [2.75, 3.05) is 0 Å². The molecule has 0 aliphatic rings. The van der Waals surface area contributed by atoms with Crippen LogP contribution in [-0.2, 0) is 4.79 Å². The van der Waals surface area contributed by atoms with Crippen LogP contribution in [-0.4, -0.2) is 28.0 Å². The number of aliphatic carboxylic acids is 1. The van der Waals surface area contributed by atoms with Gasteiger partial charge in [-0.25, -0.2) is 9.78 Å². The second kappa shape index (κ2) is 6.73. The van der Waals surface area contributed by atoms with Gasteiger partial charge >= 0.3 is 5.97 Å².